The van der Waals surface area contributed by atoms with E-state index in [1.165, 1.54) is 0 Å². The lowest BCUT2D eigenvalue weighted by atomic mass is 10.2. The van der Waals surface area contributed by atoms with Gasteiger partial charge < -0.3 is 5.32 Å². The monoisotopic (exact) mass is 331 g/mol. The van der Waals surface area contributed by atoms with Crippen molar-refractivity contribution in [2.24, 2.45) is 0 Å². The molecule has 3 rings (SSSR count). The number of fused-ring (bicyclic) bond motifs is 1. The first-order valence-electron chi connectivity index (χ1n) is 6.48. The number of nitrogens with zero attached hydrogens (tertiary/aromatic N) is 4. The zero-order valence-electron chi connectivity index (χ0n) is 11.0. The normalized spacial score (nSPS) is 10.9. The van der Waals surface area contributed by atoms with E-state index in [0.29, 0.717) is 0 Å². The second kappa shape index (κ2) is 5.58. The number of rotatable bonds is 4. The van der Waals surface area contributed by atoms with Crippen LogP contribution < -0.4 is 5.32 Å². The van der Waals surface area contributed by atoms with Crippen LogP contribution in [0.2, 0.25) is 0 Å². The molecule has 5 nitrogen and oxygen atoms in total. The Morgan fingerprint density at radius 3 is 2.95 bits per heavy atom. The van der Waals surface area contributed by atoms with Crippen LogP contribution in [0.25, 0.3) is 16.7 Å². The van der Waals surface area contributed by atoms with Crippen LogP contribution in [-0.2, 0) is 0 Å². The van der Waals surface area contributed by atoms with Gasteiger partial charge in [-0.1, -0.05) is 25.1 Å². The van der Waals surface area contributed by atoms with Gasteiger partial charge in [-0.25, -0.2) is 14.6 Å². The molecule has 0 bridgehead atoms. The number of anilines is 1. The van der Waals surface area contributed by atoms with Crippen molar-refractivity contribution in [2.45, 2.75) is 13.3 Å². The number of para-hydroxylation sites is 1. The van der Waals surface area contributed by atoms with Crippen LogP contribution in [-0.4, -0.2) is 26.3 Å². The zero-order valence-corrected chi connectivity index (χ0v) is 12.6. The Labute approximate surface area is 125 Å². The molecule has 0 saturated heterocycles. The van der Waals surface area contributed by atoms with E-state index in [1.54, 1.807) is 6.33 Å². The predicted molar refractivity (Wildman–Crippen MR) is 83.1 cm³/mol. The average molecular weight is 332 g/mol. The van der Waals surface area contributed by atoms with Gasteiger partial charge in [0, 0.05) is 11.9 Å². The highest BCUT2D eigenvalue weighted by Gasteiger charge is 2.13. The molecule has 102 valence electrons. The molecule has 1 aromatic carbocycles. The molecule has 0 atom stereocenters. The minimum atomic E-state index is 0.736. The second-order valence-corrected chi connectivity index (χ2v) is 5.19. The quantitative estimate of drug-likeness (QED) is 0.796. The smallest absolute Gasteiger partial charge is 0.173 e. The van der Waals surface area contributed by atoms with E-state index in [4.69, 9.17) is 0 Å². The van der Waals surface area contributed by atoms with Crippen molar-refractivity contribution in [3.8, 4) is 5.82 Å². The van der Waals surface area contributed by atoms with Crippen molar-refractivity contribution in [2.75, 3.05) is 11.9 Å². The highest BCUT2D eigenvalue weighted by atomic mass is 79.9. The van der Waals surface area contributed by atoms with Crippen molar-refractivity contribution in [1.29, 1.82) is 0 Å². The standard InChI is InChI=1S/C14H14BrN5/c1-2-7-16-13-12(15)14(18-9-17-13)20-11-6-4-3-5-10(11)8-19-20/h3-6,8-9H,2,7H2,1H3,(H,16,17,18). The minimum Gasteiger partial charge on any atom is -0.369 e. The molecule has 2 heterocycles. The Bertz CT molecular complexity index is 737. The zero-order chi connectivity index (χ0) is 13.9. The molecule has 0 aliphatic carbocycles. The van der Waals surface area contributed by atoms with Crippen LogP contribution in [0.3, 0.4) is 0 Å². The molecule has 0 aliphatic heterocycles. The maximum Gasteiger partial charge on any atom is 0.173 e. The average Bonchev–Trinajstić information content (AvgIpc) is 2.90. The maximum absolute atomic E-state index is 4.42. The van der Waals surface area contributed by atoms with E-state index in [2.05, 4.69) is 43.2 Å². The van der Waals surface area contributed by atoms with Gasteiger partial charge in [-0.15, -0.1) is 0 Å². The van der Waals surface area contributed by atoms with E-state index in [-0.39, 0.29) is 0 Å². The van der Waals surface area contributed by atoms with Gasteiger partial charge in [0.05, 0.1) is 11.7 Å². The maximum atomic E-state index is 4.42. The topological polar surface area (TPSA) is 55.6 Å². The summed E-state index contributed by atoms with van der Waals surface area (Å²) in [7, 11) is 0. The molecule has 20 heavy (non-hydrogen) atoms. The first-order valence-corrected chi connectivity index (χ1v) is 7.28. The molecule has 0 amide bonds. The summed E-state index contributed by atoms with van der Waals surface area (Å²) in [6.07, 6.45) is 4.42. The summed E-state index contributed by atoms with van der Waals surface area (Å²) in [6.45, 7) is 2.99. The van der Waals surface area contributed by atoms with E-state index >= 15 is 0 Å². The van der Waals surface area contributed by atoms with E-state index in [1.807, 2.05) is 35.1 Å². The molecule has 0 aliphatic rings. The molecule has 3 aromatic rings. The van der Waals surface area contributed by atoms with Gasteiger partial charge in [0.1, 0.15) is 16.6 Å². The van der Waals surface area contributed by atoms with Gasteiger partial charge in [0.15, 0.2) is 5.82 Å². The van der Waals surface area contributed by atoms with Crippen LogP contribution >= 0.6 is 15.9 Å². The molecule has 6 heteroatoms. The van der Waals surface area contributed by atoms with Crippen LogP contribution in [0.5, 0.6) is 0 Å². The third-order valence-corrected chi connectivity index (χ3v) is 3.72. The van der Waals surface area contributed by atoms with Gasteiger partial charge in [0.2, 0.25) is 0 Å². The minimum absolute atomic E-state index is 0.736. The summed E-state index contributed by atoms with van der Waals surface area (Å²) in [5.74, 6) is 1.52. The number of nitrogens with one attached hydrogen (secondary N) is 1. The molecular weight excluding hydrogens is 318 g/mol. The van der Waals surface area contributed by atoms with Crippen molar-refractivity contribution < 1.29 is 0 Å². The van der Waals surface area contributed by atoms with E-state index in [0.717, 1.165) is 40.0 Å². The molecule has 0 radical (unpaired) electrons. The fraction of sp³-hybridized carbons (Fsp3) is 0.214. The predicted octanol–water partition coefficient (Wildman–Crippen LogP) is 3.40. The Balaban J connectivity index is 2.10. The van der Waals surface area contributed by atoms with Crippen LogP contribution in [0.4, 0.5) is 5.82 Å². The first kappa shape index (κ1) is 13.1. The van der Waals surface area contributed by atoms with Gasteiger partial charge in [-0.05, 0) is 28.4 Å². The number of benzene rings is 1. The van der Waals surface area contributed by atoms with E-state index in [9.17, 15) is 0 Å². The second-order valence-electron chi connectivity index (χ2n) is 4.40. The first-order chi connectivity index (χ1) is 9.81. The highest BCUT2D eigenvalue weighted by Crippen LogP contribution is 2.27. The molecule has 0 spiro atoms. The van der Waals surface area contributed by atoms with Crippen LogP contribution in [0, 0.1) is 0 Å². The Hall–Kier alpha value is -1.95. The molecule has 0 saturated carbocycles. The Kier molecular flexibility index (Phi) is 3.64. The molecule has 2 aromatic heterocycles. The van der Waals surface area contributed by atoms with Gasteiger partial charge in [0.25, 0.3) is 0 Å². The van der Waals surface area contributed by atoms with Gasteiger partial charge >= 0.3 is 0 Å². The van der Waals surface area contributed by atoms with Crippen molar-refractivity contribution in [1.82, 2.24) is 19.7 Å². The summed E-state index contributed by atoms with van der Waals surface area (Å²) >= 11 is 3.57. The summed E-state index contributed by atoms with van der Waals surface area (Å²) in [6, 6.07) is 8.05. The third-order valence-electron chi connectivity index (χ3n) is 2.99. The highest BCUT2D eigenvalue weighted by molar-refractivity contribution is 9.10. The summed E-state index contributed by atoms with van der Waals surface area (Å²) in [5.41, 5.74) is 1.02. The third kappa shape index (κ3) is 2.27. The number of hydrogen-bond acceptors (Lipinski definition) is 4. The number of aromatic nitrogens is 4. The van der Waals surface area contributed by atoms with Gasteiger partial charge in [-0.3, -0.25) is 0 Å². The van der Waals surface area contributed by atoms with Crippen molar-refractivity contribution in [3.05, 3.63) is 41.3 Å². The fourth-order valence-electron chi connectivity index (χ4n) is 2.02. The number of halogens is 1. The lowest BCUT2D eigenvalue weighted by molar-refractivity contribution is 0.856. The lowest BCUT2D eigenvalue weighted by Gasteiger charge is -2.10. The SMILES string of the molecule is CCCNc1ncnc(-n2ncc3ccccc32)c1Br. The molecule has 1 N–H and O–H groups in total. The fourth-order valence-corrected chi connectivity index (χ4v) is 2.53. The lowest BCUT2D eigenvalue weighted by Crippen LogP contribution is -2.07. The summed E-state index contributed by atoms with van der Waals surface area (Å²) in [4.78, 5) is 8.60. The Morgan fingerprint density at radius 1 is 1.25 bits per heavy atom. The van der Waals surface area contributed by atoms with Gasteiger partial charge in [-0.2, -0.15) is 5.10 Å². The molecule has 0 unspecified atom stereocenters. The number of hydrogen-bond donors (Lipinski definition) is 1. The van der Waals surface area contributed by atoms with Crippen molar-refractivity contribution in [3.63, 3.8) is 0 Å². The van der Waals surface area contributed by atoms with Crippen LogP contribution in [0.1, 0.15) is 13.3 Å². The van der Waals surface area contributed by atoms with Crippen LogP contribution in [0.15, 0.2) is 41.3 Å². The van der Waals surface area contributed by atoms with E-state index < -0.39 is 0 Å². The summed E-state index contributed by atoms with van der Waals surface area (Å²) in [5, 5.41) is 8.77. The summed E-state index contributed by atoms with van der Waals surface area (Å²) < 4.78 is 2.64. The Morgan fingerprint density at radius 2 is 2.10 bits per heavy atom. The molecule has 0 fully saturated rings. The largest absolute Gasteiger partial charge is 0.369 e. The molecular formula is C14H14BrN5. The van der Waals surface area contributed by atoms with Crippen molar-refractivity contribution >= 4 is 32.7 Å².